The summed E-state index contributed by atoms with van der Waals surface area (Å²) in [5.41, 5.74) is 1.67. The van der Waals surface area contributed by atoms with Gasteiger partial charge in [-0.2, -0.15) is 0 Å². The van der Waals surface area contributed by atoms with Gasteiger partial charge in [-0.3, -0.25) is 0 Å². The summed E-state index contributed by atoms with van der Waals surface area (Å²) in [4.78, 5) is 12.7. The van der Waals surface area contributed by atoms with Crippen molar-refractivity contribution in [3.8, 4) is 11.5 Å². The quantitative estimate of drug-likeness (QED) is 0.733. The van der Waals surface area contributed by atoms with E-state index in [2.05, 4.69) is 0 Å². The van der Waals surface area contributed by atoms with Crippen LogP contribution in [0, 0.1) is 0 Å². The van der Waals surface area contributed by atoms with Gasteiger partial charge in [-0.1, -0.05) is 13.0 Å². The molecule has 0 aliphatic heterocycles. The molecule has 0 saturated carbocycles. The van der Waals surface area contributed by atoms with Crippen molar-refractivity contribution in [3.63, 3.8) is 0 Å². The van der Waals surface area contributed by atoms with Gasteiger partial charge in [-0.25, -0.2) is 4.79 Å². The summed E-state index contributed by atoms with van der Waals surface area (Å²) >= 11 is 0. The van der Waals surface area contributed by atoms with E-state index in [1.165, 1.54) is 11.0 Å². The van der Waals surface area contributed by atoms with Gasteiger partial charge in [-0.15, -0.1) is 0 Å². The van der Waals surface area contributed by atoms with E-state index in [0.29, 0.717) is 25.8 Å². The van der Waals surface area contributed by atoms with Crippen LogP contribution in [0.3, 0.4) is 0 Å². The Bertz CT molecular complexity index is 487. The number of amides is 1. The minimum atomic E-state index is -0.890. The highest BCUT2D eigenvalue weighted by Gasteiger charge is 2.28. The second-order valence-electron chi connectivity index (χ2n) is 4.94. The lowest BCUT2D eigenvalue weighted by Crippen LogP contribution is -2.43. The first-order valence-corrected chi connectivity index (χ1v) is 6.56. The molecule has 1 aliphatic rings. The molecule has 0 fully saturated rings. The lowest BCUT2D eigenvalue weighted by Gasteiger charge is -2.33. The van der Waals surface area contributed by atoms with Gasteiger partial charge in [-0.05, 0) is 37.3 Å². The van der Waals surface area contributed by atoms with Crippen LogP contribution in [-0.4, -0.2) is 38.9 Å². The molecule has 5 nitrogen and oxygen atoms in total. The van der Waals surface area contributed by atoms with Crippen LogP contribution in [0.15, 0.2) is 12.1 Å². The van der Waals surface area contributed by atoms with Crippen LogP contribution in [0.4, 0.5) is 4.79 Å². The van der Waals surface area contributed by atoms with Crippen molar-refractivity contribution in [2.75, 3.05) is 6.54 Å². The third-order valence-corrected chi connectivity index (χ3v) is 3.69. The van der Waals surface area contributed by atoms with Gasteiger partial charge in [0.2, 0.25) is 0 Å². The van der Waals surface area contributed by atoms with Crippen LogP contribution < -0.4 is 0 Å². The number of carboxylic acid groups (broad SMARTS) is 1. The molecule has 1 aliphatic carbocycles. The van der Waals surface area contributed by atoms with Gasteiger partial charge in [0.1, 0.15) is 0 Å². The van der Waals surface area contributed by atoms with Gasteiger partial charge < -0.3 is 20.2 Å². The van der Waals surface area contributed by atoms with E-state index in [-0.39, 0.29) is 17.5 Å². The molecule has 1 aromatic rings. The molecule has 0 bridgehead atoms. The summed E-state index contributed by atoms with van der Waals surface area (Å²) in [6.07, 6.45) is 1.76. The van der Waals surface area contributed by atoms with E-state index in [1.54, 1.807) is 6.07 Å². The number of carbonyl (C=O) groups is 1. The van der Waals surface area contributed by atoms with Gasteiger partial charge in [0.05, 0.1) is 0 Å². The van der Waals surface area contributed by atoms with Crippen molar-refractivity contribution < 1.29 is 20.1 Å². The Kier molecular flexibility index (Phi) is 3.83. The SMILES string of the molecule is CCCN(C(=O)O)[C@H]1CCc2c(ccc(O)c2O)C1. The largest absolute Gasteiger partial charge is 0.504 e. The second-order valence-corrected chi connectivity index (χ2v) is 4.94. The van der Waals surface area contributed by atoms with E-state index in [9.17, 15) is 20.1 Å². The van der Waals surface area contributed by atoms with E-state index < -0.39 is 6.09 Å². The Morgan fingerprint density at radius 2 is 2.16 bits per heavy atom. The number of phenols is 2. The first kappa shape index (κ1) is 13.5. The van der Waals surface area contributed by atoms with Crippen LogP contribution >= 0.6 is 0 Å². The van der Waals surface area contributed by atoms with Crippen molar-refractivity contribution in [3.05, 3.63) is 23.3 Å². The fourth-order valence-corrected chi connectivity index (χ4v) is 2.74. The molecule has 0 saturated heterocycles. The standard InChI is InChI=1S/C14H19NO4/c1-2-7-15(14(18)19)10-4-5-11-9(8-10)3-6-12(16)13(11)17/h3,6,10,16-17H,2,4-5,7-8H2,1H3,(H,18,19)/t10-/m0/s1. The molecule has 2 rings (SSSR count). The van der Waals surface area contributed by atoms with Crippen molar-refractivity contribution in [2.45, 2.75) is 38.6 Å². The highest BCUT2D eigenvalue weighted by atomic mass is 16.4. The Hall–Kier alpha value is -1.91. The third-order valence-electron chi connectivity index (χ3n) is 3.69. The van der Waals surface area contributed by atoms with Crippen LogP contribution in [0.1, 0.15) is 30.9 Å². The molecule has 0 heterocycles. The molecule has 0 radical (unpaired) electrons. The van der Waals surface area contributed by atoms with Crippen molar-refractivity contribution >= 4 is 6.09 Å². The number of phenolic OH excluding ortho intramolecular Hbond substituents is 2. The molecule has 0 spiro atoms. The third kappa shape index (κ3) is 2.59. The summed E-state index contributed by atoms with van der Waals surface area (Å²) in [7, 11) is 0. The molecule has 0 aromatic heterocycles. The number of hydrogen-bond acceptors (Lipinski definition) is 3. The molecule has 3 N–H and O–H groups in total. The Labute approximate surface area is 112 Å². The van der Waals surface area contributed by atoms with Crippen LogP contribution in [-0.2, 0) is 12.8 Å². The van der Waals surface area contributed by atoms with Gasteiger partial charge in [0.25, 0.3) is 0 Å². The maximum Gasteiger partial charge on any atom is 0.407 e. The Morgan fingerprint density at radius 3 is 2.79 bits per heavy atom. The molecular weight excluding hydrogens is 246 g/mol. The summed E-state index contributed by atoms with van der Waals surface area (Å²) < 4.78 is 0. The van der Waals surface area contributed by atoms with Crippen molar-refractivity contribution in [1.29, 1.82) is 0 Å². The minimum Gasteiger partial charge on any atom is -0.504 e. The zero-order valence-corrected chi connectivity index (χ0v) is 11.0. The first-order valence-electron chi connectivity index (χ1n) is 6.56. The van der Waals surface area contributed by atoms with Gasteiger partial charge in [0, 0.05) is 18.2 Å². The van der Waals surface area contributed by atoms with Crippen molar-refractivity contribution in [2.24, 2.45) is 0 Å². The van der Waals surface area contributed by atoms with E-state index in [0.717, 1.165) is 17.5 Å². The predicted octanol–water partition coefficient (Wildman–Crippen LogP) is 2.35. The molecule has 1 aromatic carbocycles. The molecule has 19 heavy (non-hydrogen) atoms. The average Bonchev–Trinajstić information content (AvgIpc) is 2.39. The smallest absolute Gasteiger partial charge is 0.407 e. The molecule has 0 unspecified atom stereocenters. The highest BCUT2D eigenvalue weighted by molar-refractivity contribution is 5.65. The first-order chi connectivity index (χ1) is 9.04. The zero-order chi connectivity index (χ0) is 14.0. The number of benzene rings is 1. The average molecular weight is 265 g/mol. The predicted molar refractivity (Wildman–Crippen MR) is 70.6 cm³/mol. The van der Waals surface area contributed by atoms with Crippen molar-refractivity contribution in [1.82, 2.24) is 4.90 Å². The van der Waals surface area contributed by atoms with E-state index in [1.807, 2.05) is 6.92 Å². The summed E-state index contributed by atoms with van der Waals surface area (Å²) in [6.45, 7) is 2.48. The van der Waals surface area contributed by atoms with Crippen LogP contribution in [0.25, 0.3) is 0 Å². The fourth-order valence-electron chi connectivity index (χ4n) is 2.74. The lowest BCUT2D eigenvalue weighted by molar-refractivity contribution is 0.119. The maximum atomic E-state index is 11.3. The Balaban J connectivity index is 2.22. The number of aromatic hydroxyl groups is 2. The molecule has 104 valence electrons. The lowest BCUT2D eigenvalue weighted by atomic mass is 9.86. The monoisotopic (exact) mass is 265 g/mol. The number of fused-ring (bicyclic) bond motifs is 1. The molecule has 5 heteroatoms. The second kappa shape index (κ2) is 5.38. The van der Waals surface area contributed by atoms with E-state index in [4.69, 9.17) is 0 Å². The summed E-state index contributed by atoms with van der Waals surface area (Å²) in [6, 6.07) is 3.18. The molecule has 1 atom stereocenters. The summed E-state index contributed by atoms with van der Waals surface area (Å²) in [5, 5.41) is 28.5. The fraction of sp³-hybridized carbons (Fsp3) is 0.500. The van der Waals surface area contributed by atoms with Crippen LogP contribution in [0.2, 0.25) is 0 Å². The number of hydrogen-bond donors (Lipinski definition) is 3. The minimum absolute atomic E-state index is 0.0473. The highest BCUT2D eigenvalue weighted by Crippen LogP contribution is 2.36. The maximum absolute atomic E-state index is 11.3. The van der Waals surface area contributed by atoms with Crippen LogP contribution in [0.5, 0.6) is 11.5 Å². The topological polar surface area (TPSA) is 81.0 Å². The number of nitrogens with zero attached hydrogens (tertiary/aromatic N) is 1. The normalized spacial score (nSPS) is 17.8. The molecule has 1 amide bonds. The number of rotatable bonds is 3. The van der Waals surface area contributed by atoms with Gasteiger partial charge >= 0.3 is 6.09 Å². The summed E-state index contributed by atoms with van der Waals surface area (Å²) in [5.74, 6) is -0.172. The molecular formula is C14H19NO4. The van der Waals surface area contributed by atoms with E-state index >= 15 is 0 Å². The van der Waals surface area contributed by atoms with Gasteiger partial charge in [0.15, 0.2) is 11.5 Å². The zero-order valence-electron chi connectivity index (χ0n) is 11.0. The Morgan fingerprint density at radius 1 is 1.42 bits per heavy atom.